The molecule has 0 saturated carbocycles. The summed E-state index contributed by atoms with van der Waals surface area (Å²) in [7, 11) is 1.77. The van der Waals surface area contributed by atoms with Gasteiger partial charge in [-0.05, 0) is 20.8 Å². The van der Waals surface area contributed by atoms with Crippen LogP contribution < -0.4 is 0 Å². The summed E-state index contributed by atoms with van der Waals surface area (Å²) in [5.41, 5.74) is 1.67. The first-order valence-electron chi connectivity index (χ1n) is 10.4. The predicted molar refractivity (Wildman–Crippen MR) is 110 cm³/mol. The average molecular weight is 418 g/mol. The normalized spacial score (nSPS) is 18.7. The topological polar surface area (TPSA) is 109 Å². The predicted octanol–water partition coefficient (Wildman–Crippen LogP) is 2.19. The molecule has 2 aromatic heterocycles. The van der Waals surface area contributed by atoms with Crippen molar-refractivity contribution in [1.82, 2.24) is 34.8 Å². The maximum atomic E-state index is 13.1. The van der Waals surface area contributed by atoms with Crippen LogP contribution in [-0.4, -0.2) is 72.5 Å². The van der Waals surface area contributed by atoms with Crippen LogP contribution in [0.5, 0.6) is 0 Å². The maximum Gasteiger partial charge on any atom is 0.410 e. The van der Waals surface area contributed by atoms with Crippen molar-refractivity contribution in [3.63, 3.8) is 0 Å². The summed E-state index contributed by atoms with van der Waals surface area (Å²) < 4.78 is 7.26. The Morgan fingerprint density at radius 3 is 2.63 bits per heavy atom. The number of aromatic nitrogens is 5. The zero-order valence-corrected chi connectivity index (χ0v) is 18.6. The van der Waals surface area contributed by atoms with Gasteiger partial charge in [0.2, 0.25) is 0 Å². The monoisotopic (exact) mass is 417 g/mol. The van der Waals surface area contributed by atoms with Crippen LogP contribution in [0.2, 0.25) is 0 Å². The molecule has 0 aliphatic carbocycles. The molecule has 4 rings (SSSR count). The average Bonchev–Trinajstić information content (AvgIpc) is 3.32. The van der Waals surface area contributed by atoms with Gasteiger partial charge in [-0.2, -0.15) is 10.2 Å². The van der Waals surface area contributed by atoms with Crippen LogP contribution in [0.25, 0.3) is 0 Å². The van der Waals surface area contributed by atoms with E-state index in [9.17, 15) is 9.59 Å². The van der Waals surface area contributed by atoms with Crippen molar-refractivity contribution >= 4 is 12.0 Å². The summed E-state index contributed by atoms with van der Waals surface area (Å²) in [5, 5.41) is 11.5. The molecule has 1 atom stereocenters. The summed E-state index contributed by atoms with van der Waals surface area (Å²) in [6.07, 6.45) is 1.70. The molecule has 10 heteroatoms. The van der Waals surface area contributed by atoms with E-state index in [1.54, 1.807) is 21.5 Å². The molecular weight excluding hydrogens is 386 g/mol. The van der Waals surface area contributed by atoms with Gasteiger partial charge in [0.05, 0.1) is 24.7 Å². The van der Waals surface area contributed by atoms with E-state index in [1.807, 2.05) is 34.6 Å². The van der Waals surface area contributed by atoms with Gasteiger partial charge in [-0.3, -0.25) is 14.6 Å². The Bertz CT molecular complexity index is 898. The third-order valence-electron chi connectivity index (χ3n) is 5.01. The van der Waals surface area contributed by atoms with Gasteiger partial charge in [0.25, 0.3) is 5.91 Å². The van der Waals surface area contributed by atoms with Crippen molar-refractivity contribution in [3.8, 4) is 0 Å². The number of amides is 2. The molecule has 0 saturated heterocycles. The third-order valence-corrected chi connectivity index (χ3v) is 5.01. The number of nitrogens with zero attached hydrogens (tertiary/aromatic N) is 6. The van der Waals surface area contributed by atoms with E-state index in [4.69, 9.17) is 9.84 Å². The van der Waals surface area contributed by atoms with Crippen molar-refractivity contribution in [3.05, 3.63) is 29.1 Å². The Morgan fingerprint density at radius 2 is 2.00 bits per heavy atom. The number of aromatic amines is 1. The number of likely N-dealkylation sites (N-methyl/N-ethyl adjacent to an activating group) is 1. The Hall–Kier alpha value is -2.91. The lowest BCUT2D eigenvalue weighted by atomic mass is 10.1. The van der Waals surface area contributed by atoms with Gasteiger partial charge in [-0.25, -0.2) is 9.78 Å². The molecule has 2 aliphatic rings. The number of nitrogens with one attached hydrogen (secondary N) is 1. The molecule has 164 valence electrons. The molecule has 0 aromatic carbocycles. The molecule has 1 unspecified atom stereocenters. The Kier molecular flexibility index (Phi) is 6.14. The second-order valence-corrected chi connectivity index (χ2v) is 8.36. The maximum absolute atomic E-state index is 13.1. The number of carbonyl (C=O) groups excluding carboxylic acids is 2. The fourth-order valence-corrected chi connectivity index (χ4v) is 3.73. The van der Waals surface area contributed by atoms with Crippen molar-refractivity contribution in [1.29, 1.82) is 0 Å². The van der Waals surface area contributed by atoms with E-state index in [2.05, 4.69) is 15.2 Å². The number of hydrogen-bond donors (Lipinski definition) is 1. The van der Waals surface area contributed by atoms with Crippen LogP contribution in [0.3, 0.4) is 0 Å². The van der Waals surface area contributed by atoms with Gasteiger partial charge in [0.15, 0.2) is 0 Å². The van der Waals surface area contributed by atoms with Crippen molar-refractivity contribution in [2.24, 2.45) is 0 Å². The molecule has 0 fully saturated rings. The Balaban J connectivity index is 0.00000124. The van der Waals surface area contributed by atoms with Crippen molar-refractivity contribution in [2.75, 3.05) is 20.1 Å². The number of hydrogen-bond acceptors (Lipinski definition) is 6. The van der Waals surface area contributed by atoms with E-state index in [0.29, 0.717) is 38.3 Å². The molecule has 10 nitrogen and oxygen atoms in total. The highest BCUT2D eigenvalue weighted by molar-refractivity contribution is 5.94. The summed E-state index contributed by atoms with van der Waals surface area (Å²) in [5.74, 6) is 0.610. The van der Waals surface area contributed by atoms with E-state index in [-0.39, 0.29) is 17.9 Å². The van der Waals surface area contributed by atoms with Crippen LogP contribution in [0.4, 0.5) is 4.79 Å². The Morgan fingerprint density at radius 1 is 1.27 bits per heavy atom. The van der Waals surface area contributed by atoms with Crippen LogP contribution >= 0.6 is 0 Å². The van der Waals surface area contributed by atoms with Gasteiger partial charge < -0.3 is 14.5 Å². The lowest BCUT2D eigenvalue weighted by molar-refractivity contribution is 0.0222. The molecule has 0 bridgehead atoms. The number of carbonyl (C=O) groups is 2. The molecule has 30 heavy (non-hydrogen) atoms. The Labute approximate surface area is 176 Å². The molecular formula is C20H31N7O3. The molecule has 2 amide bonds. The minimum Gasteiger partial charge on any atom is -0.444 e. The first kappa shape index (κ1) is 21.8. The van der Waals surface area contributed by atoms with Crippen molar-refractivity contribution < 1.29 is 14.3 Å². The van der Waals surface area contributed by atoms with Crippen LogP contribution in [0, 0.1) is 0 Å². The van der Waals surface area contributed by atoms with Crippen LogP contribution in [0.1, 0.15) is 68.1 Å². The van der Waals surface area contributed by atoms with Crippen molar-refractivity contribution in [2.45, 2.75) is 65.6 Å². The smallest absolute Gasteiger partial charge is 0.410 e. The molecule has 2 aromatic rings. The van der Waals surface area contributed by atoms with Gasteiger partial charge in [0, 0.05) is 32.1 Å². The lowest BCUT2D eigenvalue weighted by Crippen LogP contribution is -2.40. The summed E-state index contributed by atoms with van der Waals surface area (Å²) >= 11 is 0. The van der Waals surface area contributed by atoms with Gasteiger partial charge in [-0.1, -0.05) is 13.8 Å². The zero-order chi connectivity index (χ0) is 22.1. The molecule has 2 aliphatic heterocycles. The molecule has 4 heterocycles. The fourth-order valence-electron chi connectivity index (χ4n) is 3.73. The molecule has 0 spiro atoms. The van der Waals surface area contributed by atoms with Crippen LogP contribution in [-0.2, 0) is 24.2 Å². The van der Waals surface area contributed by atoms with E-state index in [0.717, 1.165) is 17.1 Å². The number of ether oxygens (including phenoxy) is 1. The van der Waals surface area contributed by atoms with E-state index < -0.39 is 5.60 Å². The van der Waals surface area contributed by atoms with Gasteiger partial charge in [-0.15, -0.1) is 0 Å². The first-order valence-corrected chi connectivity index (χ1v) is 10.4. The van der Waals surface area contributed by atoms with E-state index in [1.165, 1.54) is 6.33 Å². The summed E-state index contributed by atoms with van der Waals surface area (Å²) in [4.78, 5) is 33.1. The minimum absolute atomic E-state index is 0.0268. The summed E-state index contributed by atoms with van der Waals surface area (Å²) in [6.45, 7) is 11.4. The highest BCUT2D eigenvalue weighted by atomic mass is 16.6. The van der Waals surface area contributed by atoms with E-state index >= 15 is 0 Å². The minimum atomic E-state index is -0.562. The largest absolute Gasteiger partial charge is 0.444 e. The van der Waals surface area contributed by atoms with Gasteiger partial charge in [0.1, 0.15) is 23.4 Å². The summed E-state index contributed by atoms with van der Waals surface area (Å²) in [6, 6.07) is 0. The number of rotatable bonds is 1. The van der Waals surface area contributed by atoms with Crippen LogP contribution in [0.15, 0.2) is 6.33 Å². The molecule has 0 radical (unpaired) electrons. The zero-order valence-electron chi connectivity index (χ0n) is 18.6. The SMILES string of the molecule is CC.CN1CC(c2ncn[nH]2)Cn2nc3c(c2C1=O)CN(C(=O)OC(C)(C)C)CC3. The quantitative estimate of drug-likeness (QED) is 0.762. The fraction of sp³-hybridized carbons (Fsp3) is 0.650. The second-order valence-electron chi connectivity index (χ2n) is 8.36. The lowest BCUT2D eigenvalue weighted by Gasteiger charge is -2.30. The first-order chi connectivity index (χ1) is 14.2. The number of H-pyrrole nitrogens is 1. The third kappa shape index (κ3) is 4.31. The highest BCUT2D eigenvalue weighted by Gasteiger charge is 2.36. The van der Waals surface area contributed by atoms with Gasteiger partial charge >= 0.3 is 6.09 Å². The number of fused-ring (bicyclic) bond motifs is 3. The second kappa shape index (κ2) is 8.45. The standard InChI is InChI=1S/C18H25N7O3.C2H6/c1-18(2,3)28-17(27)24-6-5-13-12(9-24)14-16(26)23(4)7-11(8-25(14)22-13)15-19-10-20-21-15;1-2/h10-11H,5-9H2,1-4H3,(H,19,20,21);1-2H3. The molecule has 1 N–H and O–H groups in total. The highest BCUT2D eigenvalue weighted by Crippen LogP contribution is 2.29.